The highest BCUT2D eigenvalue weighted by Crippen LogP contribution is 2.40. The van der Waals surface area contributed by atoms with Crippen LogP contribution in [0.5, 0.6) is 0 Å². The van der Waals surface area contributed by atoms with Gasteiger partial charge in [0.25, 0.3) is 0 Å². The molecule has 124 valence electrons. The average Bonchev–Trinajstić information content (AvgIpc) is 2.45. The zero-order chi connectivity index (χ0) is 16.5. The Hall–Kier alpha value is -1.28. The van der Waals surface area contributed by atoms with Crippen LogP contribution in [0.1, 0.15) is 29.7 Å². The Morgan fingerprint density at radius 2 is 1.59 bits per heavy atom. The van der Waals surface area contributed by atoms with Gasteiger partial charge in [0.1, 0.15) is 0 Å². The van der Waals surface area contributed by atoms with E-state index in [9.17, 15) is 26.3 Å². The van der Waals surface area contributed by atoms with E-state index in [1.807, 2.05) is 4.90 Å². The predicted molar refractivity (Wildman–Crippen MR) is 69.3 cm³/mol. The third-order valence-electron chi connectivity index (χ3n) is 3.84. The number of alkyl halides is 6. The Balaban J connectivity index is 2.41. The number of nitrogens with one attached hydrogen (secondary N) is 1. The molecule has 1 heterocycles. The molecule has 0 spiro atoms. The zero-order valence-corrected chi connectivity index (χ0v) is 11.9. The van der Waals surface area contributed by atoms with Gasteiger partial charge in [0.15, 0.2) is 0 Å². The maximum absolute atomic E-state index is 13.1. The molecule has 1 N–H and O–H groups in total. The van der Waals surface area contributed by atoms with Crippen LogP contribution >= 0.6 is 0 Å². The summed E-state index contributed by atoms with van der Waals surface area (Å²) in [6.07, 6.45) is -9.62. The van der Waals surface area contributed by atoms with E-state index in [0.717, 1.165) is 6.07 Å². The molecule has 2 rings (SSSR count). The molecule has 22 heavy (non-hydrogen) atoms. The summed E-state index contributed by atoms with van der Waals surface area (Å²) in [5, 5.41) is 3.08. The molecule has 1 aromatic rings. The van der Waals surface area contributed by atoms with Crippen LogP contribution in [0.4, 0.5) is 26.3 Å². The molecule has 1 saturated heterocycles. The van der Waals surface area contributed by atoms with Crippen LogP contribution in [-0.2, 0) is 12.4 Å². The van der Waals surface area contributed by atoms with Crippen molar-refractivity contribution in [3.8, 4) is 0 Å². The summed E-state index contributed by atoms with van der Waals surface area (Å²) >= 11 is 0. The van der Waals surface area contributed by atoms with Crippen LogP contribution in [0.2, 0.25) is 0 Å². The van der Waals surface area contributed by atoms with Gasteiger partial charge in [0.05, 0.1) is 11.1 Å². The van der Waals surface area contributed by atoms with Crippen LogP contribution in [-0.4, -0.2) is 31.1 Å². The van der Waals surface area contributed by atoms with Gasteiger partial charge in [-0.1, -0.05) is 6.07 Å². The number of hydrogen-bond acceptors (Lipinski definition) is 2. The lowest BCUT2D eigenvalue weighted by molar-refractivity contribution is -0.143. The second-order valence-corrected chi connectivity index (χ2v) is 5.26. The third-order valence-corrected chi connectivity index (χ3v) is 3.84. The molecule has 1 fully saturated rings. The molecule has 0 amide bonds. The minimum Gasteiger partial charge on any atom is -0.314 e. The molecule has 8 heteroatoms. The highest BCUT2D eigenvalue weighted by molar-refractivity contribution is 5.37. The van der Waals surface area contributed by atoms with Crippen LogP contribution in [0, 0.1) is 0 Å². The molecule has 0 aromatic heterocycles. The molecule has 1 aliphatic rings. The van der Waals surface area contributed by atoms with Crippen molar-refractivity contribution in [2.45, 2.75) is 25.3 Å². The molecule has 0 bridgehead atoms. The molecular weight excluding hydrogens is 310 g/mol. The fraction of sp³-hybridized carbons (Fsp3) is 0.571. The Kier molecular flexibility index (Phi) is 4.72. The van der Waals surface area contributed by atoms with Gasteiger partial charge in [-0.3, -0.25) is 4.90 Å². The van der Waals surface area contributed by atoms with E-state index in [0.29, 0.717) is 32.2 Å². The lowest BCUT2D eigenvalue weighted by atomic mass is 9.96. The number of hydrogen-bond donors (Lipinski definition) is 1. The van der Waals surface area contributed by atoms with Gasteiger partial charge in [-0.25, -0.2) is 0 Å². The molecule has 0 aliphatic carbocycles. The first-order valence-corrected chi connectivity index (χ1v) is 6.84. The van der Waals surface area contributed by atoms with E-state index in [1.54, 1.807) is 6.92 Å². The molecule has 0 radical (unpaired) electrons. The summed E-state index contributed by atoms with van der Waals surface area (Å²) in [4.78, 5) is 1.83. The number of halogens is 6. The predicted octanol–water partition coefficient (Wildman–Crippen LogP) is 3.69. The van der Waals surface area contributed by atoms with Crippen LogP contribution < -0.4 is 5.32 Å². The lowest BCUT2D eigenvalue weighted by Crippen LogP contribution is -2.44. The number of piperazine rings is 1. The van der Waals surface area contributed by atoms with Crippen molar-refractivity contribution in [3.63, 3.8) is 0 Å². The van der Waals surface area contributed by atoms with Crippen LogP contribution in [0.15, 0.2) is 18.2 Å². The normalized spacial score (nSPS) is 19.2. The first-order valence-electron chi connectivity index (χ1n) is 6.84. The lowest BCUT2D eigenvalue weighted by Gasteiger charge is -2.34. The molecular formula is C14H16F6N2. The summed E-state index contributed by atoms with van der Waals surface area (Å²) in [5.74, 6) is 0. The minimum absolute atomic E-state index is 0.123. The van der Waals surface area contributed by atoms with E-state index >= 15 is 0 Å². The van der Waals surface area contributed by atoms with Crippen molar-refractivity contribution in [2.75, 3.05) is 26.2 Å². The highest BCUT2D eigenvalue weighted by Gasteiger charge is 2.39. The SMILES string of the molecule is C[C@H](c1ccc(C(F)(F)F)cc1C(F)(F)F)N1CCNCC1. The number of rotatable bonds is 2. The van der Waals surface area contributed by atoms with Gasteiger partial charge in [-0.2, -0.15) is 26.3 Å². The second kappa shape index (κ2) is 6.08. The molecule has 1 atom stereocenters. The third kappa shape index (κ3) is 3.73. The average molecular weight is 326 g/mol. The van der Waals surface area contributed by atoms with Crippen molar-refractivity contribution >= 4 is 0 Å². The van der Waals surface area contributed by atoms with E-state index < -0.39 is 29.5 Å². The number of nitrogens with zero attached hydrogens (tertiary/aromatic N) is 1. The van der Waals surface area contributed by atoms with Crippen molar-refractivity contribution in [2.24, 2.45) is 0 Å². The highest BCUT2D eigenvalue weighted by atomic mass is 19.4. The molecule has 0 saturated carbocycles. The van der Waals surface area contributed by atoms with Crippen LogP contribution in [0.3, 0.4) is 0 Å². The largest absolute Gasteiger partial charge is 0.416 e. The minimum atomic E-state index is -4.82. The van der Waals surface area contributed by atoms with Crippen molar-refractivity contribution in [3.05, 3.63) is 34.9 Å². The van der Waals surface area contributed by atoms with E-state index in [1.165, 1.54) is 0 Å². The molecule has 1 aliphatic heterocycles. The van der Waals surface area contributed by atoms with Crippen LogP contribution in [0.25, 0.3) is 0 Å². The Morgan fingerprint density at radius 3 is 2.09 bits per heavy atom. The van der Waals surface area contributed by atoms with E-state index in [4.69, 9.17) is 0 Å². The smallest absolute Gasteiger partial charge is 0.314 e. The summed E-state index contributed by atoms with van der Waals surface area (Å²) in [6, 6.07) is 1.26. The maximum Gasteiger partial charge on any atom is 0.416 e. The summed E-state index contributed by atoms with van der Waals surface area (Å²) < 4.78 is 77.4. The fourth-order valence-electron chi connectivity index (χ4n) is 2.61. The number of benzene rings is 1. The van der Waals surface area contributed by atoms with E-state index in [2.05, 4.69) is 5.32 Å². The Bertz CT molecular complexity index is 517. The van der Waals surface area contributed by atoms with E-state index in [-0.39, 0.29) is 11.6 Å². The first kappa shape index (κ1) is 17.1. The monoisotopic (exact) mass is 326 g/mol. The second-order valence-electron chi connectivity index (χ2n) is 5.26. The van der Waals surface area contributed by atoms with Gasteiger partial charge < -0.3 is 5.32 Å². The molecule has 2 nitrogen and oxygen atoms in total. The van der Waals surface area contributed by atoms with Gasteiger partial charge in [0.2, 0.25) is 0 Å². The summed E-state index contributed by atoms with van der Waals surface area (Å²) in [5.41, 5.74) is -2.62. The van der Waals surface area contributed by atoms with Gasteiger partial charge in [-0.05, 0) is 24.6 Å². The maximum atomic E-state index is 13.1. The topological polar surface area (TPSA) is 15.3 Å². The van der Waals surface area contributed by atoms with Gasteiger partial charge in [0, 0.05) is 32.2 Å². The van der Waals surface area contributed by atoms with Gasteiger partial charge in [-0.15, -0.1) is 0 Å². The molecule has 1 aromatic carbocycles. The van der Waals surface area contributed by atoms with Gasteiger partial charge >= 0.3 is 12.4 Å². The van der Waals surface area contributed by atoms with Crippen molar-refractivity contribution < 1.29 is 26.3 Å². The fourth-order valence-corrected chi connectivity index (χ4v) is 2.61. The summed E-state index contributed by atoms with van der Waals surface area (Å²) in [6.45, 7) is 3.99. The van der Waals surface area contributed by atoms with Crippen molar-refractivity contribution in [1.82, 2.24) is 10.2 Å². The summed E-state index contributed by atoms with van der Waals surface area (Å²) in [7, 11) is 0. The quantitative estimate of drug-likeness (QED) is 0.834. The Labute approximate surface area is 124 Å². The first-order chi connectivity index (χ1) is 10.1. The zero-order valence-electron chi connectivity index (χ0n) is 11.9. The Morgan fingerprint density at radius 1 is 1.00 bits per heavy atom. The molecule has 0 unspecified atom stereocenters. The van der Waals surface area contributed by atoms with Crippen molar-refractivity contribution in [1.29, 1.82) is 0 Å². The standard InChI is InChI=1S/C14H16F6N2/c1-9(22-6-4-21-5-7-22)11-3-2-10(13(15,16)17)8-12(11)14(18,19)20/h2-3,8-9,21H,4-7H2,1H3/t9-/m1/s1.